The van der Waals surface area contributed by atoms with Crippen molar-refractivity contribution in [2.75, 3.05) is 39.3 Å². The zero-order chi connectivity index (χ0) is 34.2. The molecule has 4 aliphatic rings. The van der Waals surface area contributed by atoms with Gasteiger partial charge in [-0.25, -0.2) is 4.18 Å². The second-order valence-electron chi connectivity index (χ2n) is 17.0. The molecule has 3 unspecified atom stereocenters. The third-order valence-corrected chi connectivity index (χ3v) is 14.3. The first-order valence-electron chi connectivity index (χ1n) is 19.5. The lowest BCUT2D eigenvalue weighted by Gasteiger charge is -2.62. The Morgan fingerprint density at radius 3 is 2.13 bits per heavy atom. The van der Waals surface area contributed by atoms with Gasteiger partial charge in [-0.2, -0.15) is 8.42 Å². The number of unbranched alkanes of at least 4 members (excludes halogenated alkanes) is 1. The van der Waals surface area contributed by atoms with Gasteiger partial charge in [0, 0.05) is 6.04 Å². The van der Waals surface area contributed by atoms with Gasteiger partial charge in [-0.05, 0) is 181 Å². The number of aliphatic hydroxyl groups excluding tert-OH is 1. The van der Waals surface area contributed by atoms with E-state index in [0.717, 1.165) is 65.0 Å². The Morgan fingerprint density at radius 1 is 0.830 bits per heavy atom. The predicted octanol–water partition coefficient (Wildman–Crippen LogP) is 5.53. The van der Waals surface area contributed by atoms with E-state index < -0.39 is 16.5 Å². The van der Waals surface area contributed by atoms with Crippen molar-refractivity contribution in [2.24, 2.45) is 58.0 Å². The van der Waals surface area contributed by atoms with Crippen molar-refractivity contribution < 1.29 is 22.3 Å². The zero-order valence-electron chi connectivity index (χ0n) is 30.5. The van der Waals surface area contributed by atoms with E-state index in [2.05, 4.69) is 36.7 Å². The van der Waals surface area contributed by atoms with Crippen LogP contribution in [0.3, 0.4) is 0 Å². The van der Waals surface area contributed by atoms with Gasteiger partial charge in [-0.15, -0.1) is 0 Å². The van der Waals surface area contributed by atoms with E-state index in [9.17, 15) is 18.1 Å². The number of hydrogen-bond donors (Lipinski definition) is 6. The van der Waals surface area contributed by atoms with Crippen molar-refractivity contribution >= 4 is 10.4 Å². The van der Waals surface area contributed by atoms with Gasteiger partial charge in [0.25, 0.3) is 0 Å². The number of aliphatic hydroxyl groups is 1. The first-order valence-corrected chi connectivity index (χ1v) is 20.8. The van der Waals surface area contributed by atoms with Gasteiger partial charge >= 0.3 is 10.4 Å². The van der Waals surface area contributed by atoms with E-state index in [0.29, 0.717) is 53.4 Å². The van der Waals surface area contributed by atoms with Crippen LogP contribution < -0.4 is 21.7 Å². The summed E-state index contributed by atoms with van der Waals surface area (Å²) in [6.45, 7) is 17.4. The molecule has 0 heterocycles. The van der Waals surface area contributed by atoms with Crippen LogP contribution in [-0.4, -0.2) is 75.6 Å². The maximum Gasteiger partial charge on any atom is 0.397 e. The Labute approximate surface area is 288 Å². The third kappa shape index (κ3) is 10.1. The summed E-state index contributed by atoms with van der Waals surface area (Å²) in [6.07, 6.45) is 15.0. The fourth-order valence-corrected chi connectivity index (χ4v) is 11.8. The van der Waals surface area contributed by atoms with Crippen molar-refractivity contribution in [3.8, 4) is 0 Å². The van der Waals surface area contributed by atoms with E-state index >= 15 is 0 Å². The molecule has 0 aliphatic heterocycles. The highest BCUT2D eigenvalue weighted by atomic mass is 32.3. The molecule has 9 nitrogen and oxygen atoms in total. The second kappa shape index (κ2) is 17.7. The summed E-state index contributed by atoms with van der Waals surface area (Å²) in [6, 6.07) is 0.571. The van der Waals surface area contributed by atoms with Crippen LogP contribution in [0.5, 0.6) is 0 Å². The SMILES string of the molecule is CC(CC[C@@H](OS(=O)(=O)O)C(C)C)[C@H]1CCC2[C@H]3C(CC[C@@]21C)[C@@]1(C)CC[C@H](NCCCNCCCCNCCCN)C[C@@H]1C[C@H]3O. The number of hydrogen-bond acceptors (Lipinski definition) is 8. The lowest BCUT2D eigenvalue weighted by Crippen LogP contribution is -2.59. The summed E-state index contributed by atoms with van der Waals surface area (Å²) in [5.41, 5.74) is 6.08. The van der Waals surface area contributed by atoms with Crippen LogP contribution in [-0.2, 0) is 14.6 Å². The number of rotatable bonds is 20. The van der Waals surface area contributed by atoms with Gasteiger partial charge in [0.1, 0.15) is 0 Å². The minimum absolute atomic E-state index is 0.0137. The first-order chi connectivity index (χ1) is 22.3. The molecule has 4 fully saturated rings. The highest BCUT2D eigenvalue weighted by Crippen LogP contribution is 2.68. The molecule has 0 aromatic heterocycles. The van der Waals surface area contributed by atoms with Crippen molar-refractivity contribution in [1.29, 1.82) is 0 Å². The lowest BCUT2D eigenvalue weighted by atomic mass is 9.43. The fourth-order valence-electron chi connectivity index (χ4n) is 11.2. The van der Waals surface area contributed by atoms with Crippen molar-refractivity contribution in [3.05, 3.63) is 0 Å². The average Bonchev–Trinajstić information content (AvgIpc) is 3.36. The van der Waals surface area contributed by atoms with Crippen LogP contribution in [0.4, 0.5) is 0 Å². The van der Waals surface area contributed by atoms with Gasteiger partial charge in [0.15, 0.2) is 0 Å². The Balaban J connectivity index is 1.23. The summed E-state index contributed by atoms with van der Waals surface area (Å²) >= 11 is 0. The van der Waals surface area contributed by atoms with Crippen LogP contribution >= 0.6 is 0 Å². The van der Waals surface area contributed by atoms with Crippen LogP contribution in [0, 0.1) is 52.3 Å². The predicted molar refractivity (Wildman–Crippen MR) is 191 cm³/mol. The first kappa shape index (κ1) is 39.5. The molecule has 0 aromatic rings. The number of nitrogens with one attached hydrogen (secondary N) is 3. The quantitative estimate of drug-likeness (QED) is 0.0720. The van der Waals surface area contributed by atoms with Crippen LogP contribution in [0.1, 0.15) is 125 Å². The maximum atomic E-state index is 11.8. The van der Waals surface area contributed by atoms with Gasteiger partial charge in [-0.3, -0.25) is 4.55 Å². The molecule has 11 atom stereocenters. The maximum absolute atomic E-state index is 11.8. The largest absolute Gasteiger partial charge is 0.397 e. The average molecular weight is 685 g/mol. The molecule has 10 heteroatoms. The minimum Gasteiger partial charge on any atom is -0.393 e. The van der Waals surface area contributed by atoms with Gasteiger partial charge in [-0.1, -0.05) is 34.6 Å². The molecule has 0 aromatic carbocycles. The number of nitrogens with two attached hydrogens (primary N) is 1. The van der Waals surface area contributed by atoms with Gasteiger partial charge in [0.2, 0.25) is 0 Å². The summed E-state index contributed by atoms with van der Waals surface area (Å²) in [7, 11) is -4.46. The van der Waals surface area contributed by atoms with Crippen molar-refractivity contribution in [2.45, 2.75) is 143 Å². The summed E-state index contributed by atoms with van der Waals surface area (Å²) in [4.78, 5) is 0. The summed E-state index contributed by atoms with van der Waals surface area (Å²) < 4.78 is 37.2. The second-order valence-corrected chi connectivity index (χ2v) is 18.1. The lowest BCUT2D eigenvalue weighted by molar-refractivity contribution is -0.167. The Kier molecular flexibility index (Phi) is 14.9. The van der Waals surface area contributed by atoms with E-state index in [1.807, 2.05) is 13.8 Å². The van der Waals surface area contributed by atoms with Gasteiger partial charge in [0.05, 0.1) is 12.2 Å². The molecular weight excluding hydrogens is 612 g/mol. The molecule has 47 heavy (non-hydrogen) atoms. The molecule has 0 spiro atoms. The Bertz CT molecular complexity index is 1050. The summed E-state index contributed by atoms with van der Waals surface area (Å²) in [5.74, 6) is 3.20. The standard InChI is InChI=1S/C37H72N4O5S/c1-26(2)34(46-47(43,44)45)13-10-27(3)30-11-12-31-35-32(15-17-37(30,31)5)36(4)16-14-29(24-28(36)25-33(35)42)41-23-9-22-40-20-7-6-19-39-21-8-18-38/h26-35,39-42H,6-25,38H2,1-5H3,(H,43,44,45)/t27?,28-,29+,30-,31?,32?,33-,34-,35+,36+,37-/m1/s1. The van der Waals surface area contributed by atoms with Crippen molar-refractivity contribution in [3.63, 3.8) is 0 Å². The molecule has 276 valence electrons. The third-order valence-electron chi connectivity index (χ3n) is 13.8. The highest BCUT2D eigenvalue weighted by molar-refractivity contribution is 7.80. The molecule has 4 saturated carbocycles. The molecule has 0 bridgehead atoms. The van der Waals surface area contributed by atoms with Crippen LogP contribution in [0.2, 0.25) is 0 Å². The molecule has 4 aliphatic carbocycles. The summed E-state index contributed by atoms with van der Waals surface area (Å²) in [5, 5.41) is 22.8. The normalized spacial score (nSPS) is 36.9. The van der Waals surface area contributed by atoms with E-state index in [1.54, 1.807) is 0 Å². The Morgan fingerprint density at radius 2 is 1.47 bits per heavy atom. The highest BCUT2D eigenvalue weighted by Gasteiger charge is 2.62. The van der Waals surface area contributed by atoms with E-state index in [4.69, 9.17) is 9.92 Å². The van der Waals surface area contributed by atoms with Crippen LogP contribution in [0.25, 0.3) is 0 Å². The molecule has 4 rings (SSSR count). The molecule has 0 radical (unpaired) electrons. The smallest absolute Gasteiger partial charge is 0.393 e. The number of fused-ring (bicyclic) bond motifs is 5. The molecule has 7 N–H and O–H groups in total. The van der Waals surface area contributed by atoms with Gasteiger partial charge < -0.3 is 26.8 Å². The molecule has 0 amide bonds. The zero-order valence-corrected chi connectivity index (χ0v) is 31.3. The van der Waals surface area contributed by atoms with Crippen molar-refractivity contribution in [1.82, 2.24) is 16.0 Å². The van der Waals surface area contributed by atoms with Crippen LogP contribution in [0.15, 0.2) is 0 Å². The molecule has 0 saturated heterocycles. The minimum atomic E-state index is -4.46. The Hall–Kier alpha value is -0.330. The van der Waals surface area contributed by atoms with E-state index in [1.165, 1.54) is 57.8 Å². The fraction of sp³-hybridized carbons (Fsp3) is 1.00. The molecular formula is C37H72N4O5S. The topological polar surface area (TPSA) is 146 Å². The monoisotopic (exact) mass is 685 g/mol. The van der Waals surface area contributed by atoms with E-state index in [-0.39, 0.29) is 17.4 Å².